The molecule has 0 fully saturated rings. The topological polar surface area (TPSA) is 153 Å². The minimum absolute atomic E-state index is 0.0409. The molecule has 10 heteroatoms. The highest BCUT2D eigenvalue weighted by Crippen LogP contribution is 2.26. The van der Waals surface area contributed by atoms with E-state index in [0.29, 0.717) is 33.9 Å². The number of aryl methyl sites for hydroxylation is 1. The number of hydrogen-bond acceptors (Lipinski definition) is 7. The molecule has 10 nitrogen and oxygen atoms in total. The molecule has 2 heterocycles. The lowest BCUT2D eigenvalue weighted by molar-refractivity contribution is -0.364. The van der Waals surface area contributed by atoms with E-state index in [-0.39, 0.29) is 11.6 Å². The first kappa shape index (κ1) is 22.6. The summed E-state index contributed by atoms with van der Waals surface area (Å²) in [5, 5.41) is 16.3. The Balaban J connectivity index is 1.93. The van der Waals surface area contributed by atoms with Crippen LogP contribution in [0.4, 0.5) is 17.3 Å². The first-order valence-electron chi connectivity index (χ1n) is 9.96. The number of aliphatic hydroxyl groups is 1. The Morgan fingerprint density at radius 3 is 2.66 bits per heavy atom. The Kier molecular flexibility index (Phi) is 6.33. The summed E-state index contributed by atoms with van der Waals surface area (Å²) in [6.45, 7) is 7.39. The summed E-state index contributed by atoms with van der Waals surface area (Å²) in [6, 6.07) is 5.13. The molecule has 0 saturated heterocycles. The van der Waals surface area contributed by atoms with Gasteiger partial charge in [-0.05, 0) is 24.6 Å². The van der Waals surface area contributed by atoms with Crippen LogP contribution in [-0.2, 0) is 0 Å². The number of benzene rings is 1. The molecule has 6 N–H and O–H groups in total. The second-order valence-corrected chi connectivity index (χ2v) is 8.22. The number of aromatic nitrogens is 4. The van der Waals surface area contributed by atoms with Gasteiger partial charge in [-0.2, -0.15) is 4.99 Å². The number of fused-ring (bicyclic) bond motifs is 1. The van der Waals surface area contributed by atoms with E-state index in [4.69, 9.17) is 5.73 Å². The molecule has 0 aliphatic heterocycles. The summed E-state index contributed by atoms with van der Waals surface area (Å²) >= 11 is 0. The first-order valence-corrected chi connectivity index (χ1v) is 9.96. The van der Waals surface area contributed by atoms with E-state index in [1.807, 2.05) is 27.7 Å². The molecule has 166 valence electrons. The zero-order chi connectivity index (χ0) is 23.5. The number of amidine groups is 1. The van der Waals surface area contributed by atoms with Crippen LogP contribution in [0.1, 0.15) is 36.7 Å². The lowest BCUT2D eigenvalue weighted by atomic mass is 9.93. The summed E-state index contributed by atoms with van der Waals surface area (Å²) in [5.74, 6) is 0.645. The third-order valence-electron chi connectivity index (χ3n) is 4.73. The quantitative estimate of drug-likeness (QED) is 0.271. The summed E-state index contributed by atoms with van der Waals surface area (Å²) in [7, 11) is 1.78. The number of H-pyrrole nitrogens is 1. The minimum atomic E-state index is -0.527. The van der Waals surface area contributed by atoms with Crippen LogP contribution in [-0.4, -0.2) is 38.8 Å². The average Bonchev–Trinajstić information content (AvgIpc) is 2.74. The molecule has 1 amide bonds. The zero-order valence-corrected chi connectivity index (χ0v) is 18.7. The predicted molar refractivity (Wildman–Crippen MR) is 124 cm³/mol. The van der Waals surface area contributed by atoms with E-state index in [1.54, 1.807) is 31.6 Å². The first-order chi connectivity index (χ1) is 15.1. The predicted octanol–water partition coefficient (Wildman–Crippen LogP) is 2.92. The number of hydrogen-bond donors (Lipinski definition) is 4. The number of nitrogens with two attached hydrogens (primary N) is 1. The van der Waals surface area contributed by atoms with Crippen molar-refractivity contribution in [3.8, 4) is 0 Å². The number of aliphatic imine (C=N–C) groups is 1. The van der Waals surface area contributed by atoms with Gasteiger partial charge in [-0.1, -0.05) is 26.8 Å². The van der Waals surface area contributed by atoms with Crippen molar-refractivity contribution in [2.75, 3.05) is 17.7 Å². The SMILES string of the molecule is CNc1[nH+]cnc2c(Nc3cc(C(=O)N=C(N)/C=C(\O)C(C)(C)C)ccc3C)ncnc12. The van der Waals surface area contributed by atoms with Gasteiger partial charge >= 0.3 is 0 Å². The Labute approximate surface area is 185 Å². The minimum Gasteiger partial charge on any atom is -0.512 e. The highest BCUT2D eigenvalue weighted by Gasteiger charge is 2.17. The second-order valence-electron chi connectivity index (χ2n) is 8.22. The Morgan fingerprint density at radius 2 is 1.97 bits per heavy atom. The van der Waals surface area contributed by atoms with E-state index in [0.717, 1.165) is 5.56 Å². The van der Waals surface area contributed by atoms with Gasteiger partial charge in [-0.3, -0.25) is 4.79 Å². The molecule has 0 spiro atoms. The number of rotatable bonds is 5. The maximum absolute atomic E-state index is 12.6. The van der Waals surface area contributed by atoms with Crippen molar-refractivity contribution >= 4 is 40.1 Å². The Hall–Kier alpha value is -4.08. The van der Waals surface area contributed by atoms with Crippen LogP contribution in [0, 0.1) is 12.3 Å². The summed E-state index contributed by atoms with van der Waals surface area (Å²) < 4.78 is 0. The number of anilines is 3. The number of nitrogens with one attached hydrogen (secondary N) is 3. The second kappa shape index (κ2) is 8.96. The maximum atomic E-state index is 12.6. The fourth-order valence-corrected chi connectivity index (χ4v) is 2.78. The normalized spacial score (nSPS) is 12.7. The van der Waals surface area contributed by atoms with Crippen molar-refractivity contribution in [3.63, 3.8) is 0 Å². The number of aromatic amines is 1. The third-order valence-corrected chi connectivity index (χ3v) is 4.73. The van der Waals surface area contributed by atoms with Crippen LogP contribution in [0.2, 0.25) is 0 Å². The number of aliphatic hydroxyl groups excluding tert-OH is 1. The van der Waals surface area contributed by atoms with Gasteiger partial charge < -0.3 is 21.5 Å². The lowest BCUT2D eigenvalue weighted by Crippen LogP contribution is -2.17. The van der Waals surface area contributed by atoms with Gasteiger partial charge in [-0.15, -0.1) is 4.98 Å². The standard InChI is InChI=1S/C22H26N8O2/c1-12-6-7-13(21(32)30-16(23)9-15(31)22(2,3)4)8-14(12)29-20-18-17(25-11-28-20)19(24-5)27-10-26-18/h6-11,31H,1-5H3,(H2,23,30,32)(H,24,26,27)(H,25,28,29)/p+1/b15-9-. The van der Waals surface area contributed by atoms with Gasteiger partial charge in [0.2, 0.25) is 17.7 Å². The number of carbonyl (C=O) groups is 1. The van der Waals surface area contributed by atoms with Crippen LogP contribution in [0.5, 0.6) is 0 Å². The van der Waals surface area contributed by atoms with Gasteiger partial charge in [0.05, 0.1) is 0 Å². The van der Waals surface area contributed by atoms with Crippen LogP contribution < -0.4 is 21.4 Å². The van der Waals surface area contributed by atoms with Crippen molar-refractivity contribution in [3.05, 3.63) is 53.8 Å². The highest BCUT2D eigenvalue weighted by molar-refractivity contribution is 6.07. The number of amides is 1. The van der Waals surface area contributed by atoms with E-state index in [2.05, 4.69) is 35.6 Å². The fourth-order valence-electron chi connectivity index (χ4n) is 2.78. The molecule has 2 aromatic heterocycles. The number of allylic oxidation sites excluding steroid dienone is 1. The molecule has 0 aliphatic rings. The molecule has 0 unspecified atom stereocenters. The average molecular weight is 436 g/mol. The zero-order valence-electron chi connectivity index (χ0n) is 18.7. The Bertz CT molecular complexity index is 1230. The van der Waals surface area contributed by atoms with E-state index < -0.39 is 11.3 Å². The Morgan fingerprint density at radius 1 is 1.22 bits per heavy atom. The van der Waals surface area contributed by atoms with Crippen molar-refractivity contribution in [1.29, 1.82) is 0 Å². The number of nitrogens with zero attached hydrogens (tertiary/aromatic N) is 4. The summed E-state index contributed by atoms with van der Waals surface area (Å²) in [5.41, 5.74) is 8.42. The molecule has 1 aromatic carbocycles. The molecule has 0 aliphatic carbocycles. The van der Waals surface area contributed by atoms with E-state index in [1.165, 1.54) is 12.4 Å². The fraction of sp³-hybridized carbons (Fsp3) is 0.273. The van der Waals surface area contributed by atoms with Crippen molar-refractivity contribution in [1.82, 2.24) is 15.0 Å². The lowest BCUT2D eigenvalue weighted by Gasteiger charge is -2.16. The van der Waals surface area contributed by atoms with Crippen molar-refractivity contribution in [2.45, 2.75) is 27.7 Å². The monoisotopic (exact) mass is 435 g/mol. The molecule has 3 rings (SSSR count). The molecule has 0 atom stereocenters. The van der Waals surface area contributed by atoms with E-state index in [9.17, 15) is 9.90 Å². The van der Waals surface area contributed by atoms with Crippen molar-refractivity contribution in [2.24, 2.45) is 16.1 Å². The van der Waals surface area contributed by atoms with Gasteiger partial charge in [0, 0.05) is 29.8 Å². The number of carbonyl (C=O) groups excluding carboxylic acids is 1. The smallest absolute Gasteiger partial charge is 0.279 e. The molecule has 0 bridgehead atoms. The van der Waals surface area contributed by atoms with E-state index >= 15 is 0 Å². The molecule has 0 radical (unpaired) electrons. The summed E-state index contributed by atoms with van der Waals surface area (Å²) in [6.07, 6.45) is 4.28. The maximum Gasteiger partial charge on any atom is 0.279 e. The third kappa shape index (κ3) is 4.97. The van der Waals surface area contributed by atoms with Crippen molar-refractivity contribution < 1.29 is 14.9 Å². The molecule has 3 aromatic rings. The van der Waals surface area contributed by atoms with Crippen LogP contribution in [0.25, 0.3) is 11.0 Å². The largest absolute Gasteiger partial charge is 0.512 e. The van der Waals surface area contributed by atoms with Crippen LogP contribution >= 0.6 is 0 Å². The molecule has 32 heavy (non-hydrogen) atoms. The summed E-state index contributed by atoms with van der Waals surface area (Å²) in [4.78, 5) is 32.4. The van der Waals surface area contributed by atoms with Crippen LogP contribution in [0.3, 0.4) is 0 Å². The molecule has 0 saturated carbocycles. The van der Waals surface area contributed by atoms with Gasteiger partial charge in [0.25, 0.3) is 5.91 Å². The van der Waals surface area contributed by atoms with Crippen LogP contribution in [0.15, 0.2) is 47.7 Å². The molecular formula is C22H27N8O2+. The molecular weight excluding hydrogens is 408 g/mol. The highest BCUT2D eigenvalue weighted by atomic mass is 16.3. The van der Waals surface area contributed by atoms with Gasteiger partial charge in [0.15, 0.2) is 11.3 Å². The van der Waals surface area contributed by atoms with Gasteiger partial charge in [0.1, 0.15) is 17.9 Å². The van der Waals surface area contributed by atoms with Gasteiger partial charge in [-0.25, -0.2) is 15.0 Å².